The monoisotopic (exact) mass is 245 g/mol. The van der Waals surface area contributed by atoms with Crippen LogP contribution in [0.4, 0.5) is 0 Å². The van der Waals surface area contributed by atoms with Gasteiger partial charge in [0.15, 0.2) is 0 Å². The van der Waals surface area contributed by atoms with Crippen molar-refractivity contribution in [1.82, 2.24) is 5.32 Å². The zero-order valence-corrected chi connectivity index (χ0v) is 10.7. The first-order valence-electron chi connectivity index (χ1n) is 5.26. The van der Waals surface area contributed by atoms with E-state index in [9.17, 15) is 14.4 Å². The Balaban J connectivity index is 4.65. The molecule has 2 unspecified atom stereocenters. The summed E-state index contributed by atoms with van der Waals surface area (Å²) in [5.74, 6) is -3.67. The molecule has 0 radical (unpaired) electrons. The van der Waals surface area contributed by atoms with Crippen LogP contribution in [0, 0.1) is 11.8 Å². The lowest BCUT2D eigenvalue weighted by atomic mass is 9.94. The number of carbonyl (C=O) groups is 3. The van der Waals surface area contributed by atoms with Crippen LogP contribution in [0.3, 0.4) is 0 Å². The normalized spacial score (nSPS) is 14.6. The topological polar surface area (TPSA) is 92.7 Å². The van der Waals surface area contributed by atoms with Crippen LogP contribution < -0.4 is 5.32 Å². The molecule has 1 amide bonds. The highest BCUT2D eigenvalue weighted by molar-refractivity contribution is 5.90. The molecule has 0 spiro atoms. The van der Waals surface area contributed by atoms with E-state index in [1.54, 1.807) is 0 Å². The van der Waals surface area contributed by atoms with Gasteiger partial charge in [-0.2, -0.15) is 0 Å². The van der Waals surface area contributed by atoms with Crippen LogP contribution in [0.1, 0.15) is 27.7 Å². The maximum absolute atomic E-state index is 11.7. The molecule has 0 saturated carbocycles. The largest absolute Gasteiger partial charge is 0.481 e. The van der Waals surface area contributed by atoms with Crippen molar-refractivity contribution in [1.29, 1.82) is 0 Å². The third kappa shape index (κ3) is 4.05. The molecule has 0 saturated heterocycles. The number of carboxylic acid groups (broad SMARTS) is 1. The quantitative estimate of drug-likeness (QED) is 0.684. The van der Waals surface area contributed by atoms with Crippen LogP contribution in [0.25, 0.3) is 0 Å². The van der Waals surface area contributed by atoms with Crippen LogP contribution in [0.2, 0.25) is 0 Å². The van der Waals surface area contributed by atoms with Gasteiger partial charge in [0.25, 0.3) is 0 Å². The number of rotatable bonds is 5. The van der Waals surface area contributed by atoms with Gasteiger partial charge in [0.1, 0.15) is 5.54 Å². The van der Waals surface area contributed by atoms with E-state index in [2.05, 4.69) is 10.1 Å². The van der Waals surface area contributed by atoms with Crippen molar-refractivity contribution in [2.24, 2.45) is 11.8 Å². The predicted molar refractivity (Wildman–Crippen MR) is 60.2 cm³/mol. The lowest BCUT2D eigenvalue weighted by Crippen LogP contribution is -2.52. The van der Waals surface area contributed by atoms with Gasteiger partial charge in [0.2, 0.25) is 5.91 Å². The Kier molecular flexibility index (Phi) is 5.12. The zero-order chi connectivity index (χ0) is 13.8. The Labute approximate surface area is 100 Å². The Hall–Kier alpha value is -1.59. The highest BCUT2D eigenvalue weighted by atomic mass is 16.5. The van der Waals surface area contributed by atoms with Crippen LogP contribution in [0.15, 0.2) is 0 Å². The Morgan fingerprint density at radius 2 is 1.65 bits per heavy atom. The molecular weight excluding hydrogens is 226 g/mol. The van der Waals surface area contributed by atoms with Crippen molar-refractivity contribution >= 4 is 17.8 Å². The van der Waals surface area contributed by atoms with Gasteiger partial charge < -0.3 is 15.2 Å². The van der Waals surface area contributed by atoms with Gasteiger partial charge >= 0.3 is 11.9 Å². The summed E-state index contributed by atoms with van der Waals surface area (Å²) in [7, 11) is 1.22. The van der Waals surface area contributed by atoms with Crippen LogP contribution in [-0.4, -0.2) is 35.6 Å². The minimum absolute atomic E-state index is 0.490. The summed E-state index contributed by atoms with van der Waals surface area (Å²) in [6, 6.07) is 0. The summed E-state index contributed by atoms with van der Waals surface area (Å²) in [5.41, 5.74) is -1.17. The molecule has 2 N–H and O–H groups in total. The number of hydrogen-bond acceptors (Lipinski definition) is 4. The molecule has 98 valence electrons. The summed E-state index contributed by atoms with van der Waals surface area (Å²) < 4.78 is 4.53. The summed E-state index contributed by atoms with van der Waals surface area (Å²) in [6.45, 7) is 5.93. The molecule has 17 heavy (non-hydrogen) atoms. The van der Waals surface area contributed by atoms with Crippen molar-refractivity contribution in [2.45, 2.75) is 33.2 Å². The lowest BCUT2D eigenvalue weighted by molar-refractivity contribution is -0.151. The second kappa shape index (κ2) is 5.65. The summed E-state index contributed by atoms with van der Waals surface area (Å²) in [4.78, 5) is 33.8. The van der Waals surface area contributed by atoms with Gasteiger partial charge in [-0.1, -0.05) is 13.8 Å². The molecule has 0 aliphatic heterocycles. The third-order valence-electron chi connectivity index (χ3n) is 2.68. The van der Waals surface area contributed by atoms with Crippen molar-refractivity contribution in [3.8, 4) is 0 Å². The van der Waals surface area contributed by atoms with Crippen molar-refractivity contribution in [3.05, 3.63) is 0 Å². The average molecular weight is 245 g/mol. The third-order valence-corrected chi connectivity index (χ3v) is 2.68. The predicted octanol–water partition coefficient (Wildman–Crippen LogP) is 0.411. The number of hydrogen-bond donors (Lipinski definition) is 2. The minimum atomic E-state index is -1.17. The molecule has 0 aliphatic rings. The number of amides is 1. The molecule has 0 rings (SSSR count). The Morgan fingerprint density at radius 1 is 1.18 bits per heavy atom. The smallest absolute Gasteiger partial charge is 0.330 e. The average Bonchev–Trinajstić information content (AvgIpc) is 2.24. The second-order valence-electron chi connectivity index (χ2n) is 4.52. The van der Waals surface area contributed by atoms with Gasteiger partial charge in [-0.3, -0.25) is 9.59 Å². The van der Waals surface area contributed by atoms with E-state index >= 15 is 0 Å². The van der Waals surface area contributed by atoms with Gasteiger partial charge in [-0.25, -0.2) is 4.79 Å². The fraction of sp³-hybridized carbons (Fsp3) is 0.727. The first-order valence-corrected chi connectivity index (χ1v) is 5.26. The fourth-order valence-electron chi connectivity index (χ4n) is 1.17. The number of aliphatic carboxylic acids is 1. The van der Waals surface area contributed by atoms with Crippen LogP contribution in [0.5, 0.6) is 0 Å². The summed E-state index contributed by atoms with van der Waals surface area (Å²) in [5, 5.41) is 11.2. The first-order chi connectivity index (χ1) is 7.63. The van der Waals surface area contributed by atoms with Crippen LogP contribution in [-0.2, 0) is 19.1 Å². The van der Waals surface area contributed by atoms with E-state index in [1.807, 2.05) is 0 Å². The number of carbonyl (C=O) groups excluding carboxylic acids is 2. The molecular formula is C11H19NO5. The van der Waals surface area contributed by atoms with Crippen molar-refractivity contribution in [3.63, 3.8) is 0 Å². The SMILES string of the molecule is COC(=O)C(C)(C)NC(=O)C(C)C(C)C(=O)O. The molecule has 2 atom stereocenters. The number of ether oxygens (including phenoxy) is 1. The van der Waals surface area contributed by atoms with E-state index in [0.717, 1.165) is 0 Å². The maximum atomic E-state index is 11.7. The molecule has 0 aliphatic carbocycles. The van der Waals surface area contributed by atoms with E-state index in [1.165, 1.54) is 34.8 Å². The molecule has 0 bridgehead atoms. The molecule has 6 nitrogen and oxygen atoms in total. The highest BCUT2D eigenvalue weighted by Gasteiger charge is 2.34. The minimum Gasteiger partial charge on any atom is -0.481 e. The highest BCUT2D eigenvalue weighted by Crippen LogP contribution is 2.14. The number of methoxy groups -OCH3 is 1. The number of carboxylic acids is 1. The molecule has 0 aromatic heterocycles. The standard InChI is InChI=1S/C11H19NO5/c1-6(7(2)9(14)15)8(13)12-11(3,4)10(16)17-5/h6-7H,1-5H3,(H,12,13)(H,14,15). The van der Waals surface area contributed by atoms with Gasteiger partial charge in [-0.05, 0) is 13.8 Å². The number of esters is 1. The lowest BCUT2D eigenvalue weighted by Gasteiger charge is -2.26. The van der Waals surface area contributed by atoms with E-state index in [0.29, 0.717) is 0 Å². The van der Waals surface area contributed by atoms with Gasteiger partial charge in [0.05, 0.1) is 13.0 Å². The molecule has 0 heterocycles. The van der Waals surface area contributed by atoms with E-state index in [-0.39, 0.29) is 0 Å². The molecule has 0 fully saturated rings. The van der Waals surface area contributed by atoms with Crippen molar-refractivity contribution < 1.29 is 24.2 Å². The summed E-state index contributed by atoms with van der Waals surface area (Å²) in [6.07, 6.45) is 0. The number of nitrogens with one attached hydrogen (secondary N) is 1. The van der Waals surface area contributed by atoms with E-state index < -0.39 is 35.2 Å². The zero-order valence-electron chi connectivity index (χ0n) is 10.7. The molecule has 0 aromatic carbocycles. The van der Waals surface area contributed by atoms with Crippen LogP contribution >= 0.6 is 0 Å². The van der Waals surface area contributed by atoms with Gasteiger partial charge in [-0.15, -0.1) is 0 Å². The summed E-state index contributed by atoms with van der Waals surface area (Å²) >= 11 is 0. The van der Waals surface area contributed by atoms with Crippen molar-refractivity contribution in [2.75, 3.05) is 7.11 Å². The van der Waals surface area contributed by atoms with Gasteiger partial charge in [0, 0.05) is 5.92 Å². The second-order valence-corrected chi connectivity index (χ2v) is 4.52. The maximum Gasteiger partial charge on any atom is 0.330 e. The molecule has 0 aromatic rings. The Morgan fingerprint density at radius 3 is 2.00 bits per heavy atom. The molecule has 6 heteroatoms. The first kappa shape index (κ1) is 15.4. The van der Waals surface area contributed by atoms with E-state index in [4.69, 9.17) is 5.11 Å². The Bertz CT molecular complexity index is 324. The fourth-order valence-corrected chi connectivity index (χ4v) is 1.17.